The Labute approximate surface area is 125 Å². The van der Waals surface area contributed by atoms with Crippen molar-refractivity contribution in [3.8, 4) is 0 Å². The Morgan fingerprint density at radius 2 is 2.05 bits per heavy atom. The van der Waals surface area contributed by atoms with Gasteiger partial charge < -0.3 is 5.32 Å². The van der Waals surface area contributed by atoms with Gasteiger partial charge in [-0.25, -0.2) is 13.6 Å². The third kappa shape index (κ3) is 3.57. The highest BCUT2D eigenvalue weighted by molar-refractivity contribution is 7.89. The molecule has 0 fully saturated rings. The fraction of sp³-hybridized carbons (Fsp3) is 0.167. The molecule has 1 heterocycles. The number of nitrogens with zero attached hydrogens (tertiary/aromatic N) is 1. The predicted molar refractivity (Wildman–Crippen MR) is 80.9 cm³/mol. The van der Waals surface area contributed by atoms with Gasteiger partial charge >= 0.3 is 5.69 Å². The molecule has 1 aromatic carbocycles. The summed E-state index contributed by atoms with van der Waals surface area (Å²) in [5.74, 6) is 0. The molecule has 21 heavy (non-hydrogen) atoms. The van der Waals surface area contributed by atoms with Crippen molar-refractivity contribution in [3.05, 3.63) is 50.2 Å². The van der Waals surface area contributed by atoms with Gasteiger partial charge in [0.05, 0.1) is 4.92 Å². The topological polar surface area (TPSA) is 115 Å². The van der Waals surface area contributed by atoms with Crippen LogP contribution in [0.15, 0.2) is 35.2 Å². The molecule has 0 unspecified atom stereocenters. The van der Waals surface area contributed by atoms with Crippen molar-refractivity contribution in [1.29, 1.82) is 0 Å². The second kappa shape index (κ2) is 5.80. The number of primary sulfonamides is 1. The number of thiophene rings is 1. The molecule has 1 aromatic heterocycles. The number of nitro benzene ring substituents is 1. The normalized spacial score (nSPS) is 11.3. The monoisotopic (exact) mass is 327 g/mol. The summed E-state index contributed by atoms with van der Waals surface area (Å²) in [7, 11) is -4.16. The maximum Gasteiger partial charge on any atom is 0.312 e. The summed E-state index contributed by atoms with van der Waals surface area (Å²) in [4.78, 5) is 12.0. The van der Waals surface area contributed by atoms with Crippen LogP contribution in [-0.4, -0.2) is 13.3 Å². The summed E-state index contributed by atoms with van der Waals surface area (Å²) in [6.07, 6.45) is 0. The van der Waals surface area contributed by atoms with Gasteiger partial charge in [-0.15, -0.1) is 11.3 Å². The van der Waals surface area contributed by atoms with Gasteiger partial charge in [-0.1, -0.05) is 6.07 Å². The summed E-state index contributed by atoms with van der Waals surface area (Å²) in [6.45, 7) is 2.33. The molecule has 2 aromatic rings. The lowest BCUT2D eigenvalue weighted by atomic mass is 10.2. The van der Waals surface area contributed by atoms with Crippen LogP contribution in [0.1, 0.15) is 9.75 Å². The van der Waals surface area contributed by atoms with Crippen LogP contribution < -0.4 is 10.5 Å². The quantitative estimate of drug-likeness (QED) is 0.645. The lowest BCUT2D eigenvalue weighted by Gasteiger charge is -2.08. The van der Waals surface area contributed by atoms with E-state index in [0.29, 0.717) is 6.54 Å². The lowest BCUT2D eigenvalue weighted by Crippen LogP contribution is -2.15. The molecule has 0 spiro atoms. The van der Waals surface area contributed by atoms with Gasteiger partial charge in [0.15, 0.2) is 4.90 Å². The average molecular weight is 327 g/mol. The Morgan fingerprint density at radius 3 is 2.57 bits per heavy atom. The number of para-hydroxylation sites is 1. The zero-order valence-corrected chi connectivity index (χ0v) is 12.7. The smallest absolute Gasteiger partial charge is 0.312 e. The van der Waals surface area contributed by atoms with Gasteiger partial charge in [-0.2, -0.15) is 0 Å². The van der Waals surface area contributed by atoms with E-state index in [9.17, 15) is 18.5 Å². The second-order valence-corrected chi connectivity index (χ2v) is 7.22. The number of aryl methyl sites for hydroxylation is 1. The Kier molecular flexibility index (Phi) is 4.26. The van der Waals surface area contributed by atoms with Gasteiger partial charge in [0.2, 0.25) is 10.0 Å². The van der Waals surface area contributed by atoms with E-state index in [4.69, 9.17) is 5.14 Å². The van der Waals surface area contributed by atoms with Gasteiger partial charge in [0.25, 0.3) is 0 Å². The maximum atomic E-state index is 11.4. The molecule has 0 bridgehead atoms. The van der Waals surface area contributed by atoms with Crippen molar-refractivity contribution in [1.82, 2.24) is 0 Å². The highest BCUT2D eigenvalue weighted by atomic mass is 32.2. The Morgan fingerprint density at radius 1 is 1.33 bits per heavy atom. The number of nitrogens with two attached hydrogens (primary N) is 1. The van der Waals surface area contributed by atoms with Crippen LogP contribution in [0, 0.1) is 17.0 Å². The zero-order valence-electron chi connectivity index (χ0n) is 11.1. The van der Waals surface area contributed by atoms with Crippen LogP contribution >= 0.6 is 11.3 Å². The van der Waals surface area contributed by atoms with E-state index in [1.54, 1.807) is 11.3 Å². The number of anilines is 1. The summed E-state index contributed by atoms with van der Waals surface area (Å²) in [5.41, 5.74) is -0.411. The molecule has 112 valence electrons. The SMILES string of the molecule is Cc1ccc(CNc2cccc(S(N)(=O)=O)c2[N+](=O)[O-])s1. The van der Waals surface area contributed by atoms with Crippen molar-refractivity contribution in [2.45, 2.75) is 18.4 Å². The first-order chi connectivity index (χ1) is 9.79. The van der Waals surface area contributed by atoms with Crippen molar-refractivity contribution < 1.29 is 13.3 Å². The molecule has 0 amide bonds. The summed E-state index contributed by atoms with van der Waals surface area (Å²) < 4.78 is 22.9. The molecule has 0 atom stereocenters. The summed E-state index contributed by atoms with van der Waals surface area (Å²) in [6, 6.07) is 7.83. The fourth-order valence-electron chi connectivity index (χ4n) is 1.85. The predicted octanol–water partition coefficient (Wildman–Crippen LogP) is 2.22. The number of sulfonamides is 1. The molecule has 3 N–H and O–H groups in total. The van der Waals surface area contributed by atoms with Gasteiger partial charge in [-0.05, 0) is 31.2 Å². The van der Waals surface area contributed by atoms with Gasteiger partial charge in [-0.3, -0.25) is 10.1 Å². The Bertz CT molecular complexity index is 784. The number of nitrogens with one attached hydrogen (secondary N) is 1. The minimum absolute atomic E-state index is 0.123. The highest BCUT2D eigenvalue weighted by Crippen LogP contribution is 2.31. The largest absolute Gasteiger partial charge is 0.375 e. The molecule has 2 rings (SSSR count). The second-order valence-electron chi connectivity index (χ2n) is 4.32. The standard InChI is InChI=1S/C12H13N3O4S2/c1-8-5-6-9(20-8)7-14-10-3-2-4-11(21(13,18)19)12(10)15(16)17/h2-6,14H,7H2,1H3,(H2,13,18,19). The Balaban J connectivity index is 2.37. The number of hydrogen-bond acceptors (Lipinski definition) is 6. The highest BCUT2D eigenvalue weighted by Gasteiger charge is 2.26. The van der Waals surface area contributed by atoms with Crippen molar-refractivity contribution in [3.63, 3.8) is 0 Å². The third-order valence-electron chi connectivity index (χ3n) is 2.74. The van der Waals surface area contributed by atoms with Gasteiger partial charge in [0, 0.05) is 16.3 Å². The van der Waals surface area contributed by atoms with E-state index in [-0.39, 0.29) is 5.69 Å². The van der Waals surface area contributed by atoms with Crippen LogP contribution in [-0.2, 0) is 16.6 Å². The minimum atomic E-state index is -4.16. The van der Waals surface area contributed by atoms with Crippen molar-refractivity contribution >= 4 is 32.7 Å². The molecule has 0 saturated carbocycles. The van der Waals surface area contributed by atoms with Gasteiger partial charge in [0.1, 0.15) is 5.69 Å². The Hall–Kier alpha value is -1.97. The van der Waals surface area contributed by atoms with Crippen molar-refractivity contribution in [2.75, 3.05) is 5.32 Å². The molecule has 9 heteroatoms. The molecule has 0 saturated heterocycles. The first-order valence-electron chi connectivity index (χ1n) is 5.88. The van der Waals surface area contributed by atoms with E-state index in [1.807, 2.05) is 19.1 Å². The molecular weight excluding hydrogens is 314 g/mol. The van der Waals surface area contributed by atoms with Crippen molar-refractivity contribution in [2.24, 2.45) is 5.14 Å². The van der Waals surface area contributed by atoms with Crippen LogP contribution in [0.3, 0.4) is 0 Å². The van der Waals surface area contributed by atoms with E-state index < -0.39 is 25.5 Å². The van der Waals surface area contributed by atoms with E-state index >= 15 is 0 Å². The van der Waals surface area contributed by atoms with Crippen LogP contribution in [0.4, 0.5) is 11.4 Å². The number of hydrogen-bond donors (Lipinski definition) is 2. The molecule has 0 aliphatic carbocycles. The minimum Gasteiger partial charge on any atom is -0.375 e. The number of benzene rings is 1. The lowest BCUT2D eigenvalue weighted by molar-refractivity contribution is -0.386. The molecular formula is C12H13N3O4S2. The first kappa shape index (κ1) is 15.4. The first-order valence-corrected chi connectivity index (χ1v) is 8.24. The van der Waals surface area contributed by atoms with E-state index in [0.717, 1.165) is 15.8 Å². The molecule has 0 aliphatic rings. The van der Waals surface area contributed by atoms with Crippen LogP contribution in [0.25, 0.3) is 0 Å². The summed E-state index contributed by atoms with van der Waals surface area (Å²) >= 11 is 1.56. The van der Waals surface area contributed by atoms with Crippen LogP contribution in [0.2, 0.25) is 0 Å². The number of rotatable bonds is 5. The van der Waals surface area contributed by atoms with E-state index in [2.05, 4.69) is 5.32 Å². The summed E-state index contributed by atoms with van der Waals surface area (Å²) in [5, 5.41) is 19.1. The number of nitro groups is 1. The molecule has 7 nitrogen and oxygen atoms in total. The average Bonchev–Trinajstić information content (AvgIpc) is 2.80. The molecule has 0 aliphatic heterocycles. The molecule has 0 radical (unpaired) electrons. The van der Waals surface area contributed by atoms with E-state index in [1.165, 1.54) is 12.1 Å². The van der Waals surface area contributed by atoms with Crippen LogP contribution in [0.5, 0.6) is 0 Å². The zero-order chi connectivity index (χ0) is 15.6. The maximum absolute atomic E-state index is 11.4. The fourth-order valence-corrected chi connectivity index (χ4v) is 3.40. The third-order valence-corrected chi connectivity index (χ3v) is 4.68.